The zero-order valence-electron chi connectivity index (χ0n) is 25.0. The molecule has 2 spiro atoms. The van der Waals surface area contributed by atoms with Crippen molar-refractivity contribution < 1.29 is 43.2 Å². The molecule has 9 nitrogen and oxygen atoms in total. The third kappa shape index (κ3) is 2.61. The number of hydrogen-bond donors (Lipinski definition) is 2. The fraction of sp³-hybridized carbons (Fsp3) is 0.806. The molecule has 0 aromatic carbocycles. The highest BCUT2D eigenvalue weighted by atomic mass is 16.7. The van der Waals surface area contributed by atoms with Gasteiger partial charge in [-0.3, -0.25) is 9.59 Å². The third-order valence-corrected chi connectivity index (χ3v) is 13.5. The summed E-state index contributed by atoms with van der Waals surface area (Å²) < 4.78 is 30.6. The molecule has 2 saturated heterocycles. The van der Waals surface area contributed by atoms with E-state index in [0.717, 1.165) is 5.56 Å². The van der Waals surface area contributed by atoms with Crippen molar-refractivity contribution in [3.63, 3.8) is 0 Å². The van der Waals surface area contributed by atoms with E-state index in [2.05, 4.69) is 13.8 Å². The van der Waals surface area contributed by atoms with Gasteiger partial charge in [-0.1, -0.05) is 27.7 Å². The molecule has 1 aromatic rings. The number of methoxy groups -OCH3 is 1. The van der Waals surface area contributed by atoms with Crippen LogP contribution in [0.5, 0.6) is 0 Å². The zero-order valence-corrected chi connectivity index (χ0v) is 25.0. The Kier molecular flexibility index (Phi) is 5.18. The molecule has 10 heteroatoms. The summed E-state index contributed by atoms with van der Waals surface area (Å²) in [6.45, 7) is 11.8. The zero-order chi connectivity index (χ0) is 29.8. The first-order valence-electron chi connectivity index (χ1n) is 14.8. The predicted molar refractivity (Wildman–Crippen MR) is 144 cm³/mol. The van der Waals surface area contributed by atoms with Crippen LogP contribution >= 0.6 is 0 Å². The summed E-state index contributed by atoms with van der Waals surface area (Å²) in [7, 11) is 8.78. The summed E-state index contributed by atoms with van der Waals surface area (Å²) in [4.78, 5) is 26.4. The first-order valence-corrected chi connectivity index (χ1v) is 14.8. The maximum Gasteiger partial charge on any atom is 0.306 e. The van der Waals surface area contributed by atoms with E-state index in [4.69, 9.17) is 31.2 Å². The van der Waals surface area contributed by atoms with Gasteiger partial charge in [0.2, 0.25) is 0 Å². The minimum atomic E-state index is -1.60. The van der Waals surface area contributed by atoms with E-state index >= 15 is 0 Å². The van der Waals surface area contributed by atoms with Crippen LogP contribution in [-0.2, 0) is 28.5 Å². The van der Waals surface area contributed by atoms with Gasteiger partial charge in [0.05, 0.1) is 50.9 Å². The Hall–Kier alpha value is -1.88. The second-order valence-corrected chi connectivity index (χ2v) is 15.2. The first-order chi connectivity index (χ1) is 19.0. The number of carbonyl (C=O) groups is 2. The van der Waals surface area contributed by atoms with Gasteiger partial charge in [-0.2, -0.15) is 0 Å². The fourth-order valence-electron chi connectivity index (χ4n) is 12.2. The van der Waals surface area contributed by atoms with Crippen molar-refractivity contribution in [2.75, 3.05) is 7.11 Å². The van der Waals surface area contributed by atoms with Crippen LogP contribution in [-0.4, -0.2) is 66.3 Å². The summed E-state index contributed by atoms with van der Waals surface area (Å²) in [5, 5.41) is 23.4. The van der Waals surface area contributed by atoms with E-state index in [9.17, 15) is 19.8 Å². The Bertz CT molecular complexity index is 1330. The molecular weight excluding hydrogens is 527 g/mol. The van der Waals surface area contributed by atoms with E-state index in [1.54, 1.807) is 12.5 Å². The molecule has 3 heterocycles. The first kappa shape index (κ1) is 27.9. The molecule has 1 aromatic heterocycles. The van der Waals surface area contributed by atoms with Crippen molar-refractivity contribution in [2.24, 2.45) is 33.5 Å². The van der Waals surface area contributed by atoms with Crippen molar-refractivity contribution in [3.05, 3.63) is 24.2 Å². The number of aliphatic hydroxyl groups excluding tert-OH is 2. The van der Waals surface area contributed by atoms with Crippen molar-refractivity contribution in [2.45, 2.75) is 114 Å². The Morgan fingerprint density at radius 3 is 2.37 bits per heavy atom. The average molecular weight is 568 g/mol. The second kappa shape index (κ2) is 7.60. The lowest BCUT2D eigenvalue weighted by atomic mass is 9.25. The Balaban J connectivity index is 1.52. The smallest absolute Gasteiger partial charge is 0.306 e. The van der Waals surface area contributed by atoms with Crippen LogP contribution in [0.25, 0.3) is 0 Å². The number of ether oxygens (including phenoxy) is 4. The third-order valence-electron chi connectivity index (χ3n) is 13.5. The van der Waals surface area contributed by atoms with Crippen molar-refractivity contribution in [1.29, 1.82) is 0 Å². The molecule has 12 atom stereocenters. The standard InChI is InChI=1S/C31H41BO9/c1-24(2)40-29-10-9-25(3)17(12-20(34)39-21(25)16-8-11-38-14-16)27(29,5)23(36)31(32)22(35)26(4)15-30(31,41-24)28(29,6)18(26)13-19(33)37-7/h8,11,14,17-18,21-23,35-36H,9-10,12-13,15H2,1-7H3. The molecule has 41 heavy (non-hydrogen) atoms. The number of cyclic esters (lactones) is 1. The van der Waals surface area contributed by atoms with E-state index in [0.29, 0.717) is 19.3 Å². The summed E-state index contributed by atoms with van der Waals surface area (Å²) in [5.74, 6) is -2.76. The Labute approximate surface area is 242 Å². The van der Waals surface area contributed by atoms with Crippen LogP contribution in [0.4, 0.5) is 0 Å². The number of aliphatic hydroxyl groups is 2. The van der Waals surface area contributed by atoms with Crippen LogP contribution in [0.15, 0.2) is 23.0 Å². The minimum Gasteiger partial charge on any atom is -0.472 e. The fourth-order valence-corrected chi connectivity index (χ4v) is 12.2. The Morgan fingerprint density at radius 2 is 1.73 bits per heavy atom. The van der Waals surface area contributed by atoms with Crippen molar-refractivity contribution in [3.8, 4) is 0 Å². The molecule has 2 radical (unpaired) electrons. The highest BCUT2D eigenvalue weighted by molar-refractivity contribution is 6.18. The summed E-state index contributed by atoms with van der Waals surface area (Å²) in [6, 6.07) is 1.81. The molecule has 6 aliphatic rings. The number of hydrogen-bond acceptors (Lipinski definition) is 9. The molecule has 4 saturated carbocycles. The lowest BCUT2D eigenvalue weighted by Crippen LogP contribution is -2.89. The molecule has 2 N–H and O–H groups in total. The molecule has 3 bridgehead atoms. The van der Waals surface area contributed by atoms with Crippen LogP contribution in [0.1, 0.15) is 85.3 Å². The normalized spacial score (nSPS) is 56.0. The van der Waals surface area contributed by atoms with Gasteiger partial charge in [0.25, 0.3) is 0 Å². The highest BCUT2D eigenvalue weighted by Crippen LogP contribution is 2.91. The highest BCUT2D eigenvalue weighted by Gasteiger charge is 2.96. The van der Waals surface area contributed by atoms with Crippen LogP contribution in [0, 0.1) is 33.5 Å². The number of esters is 2. The van der Waals surface area contributed by atoms with Gasteiger partial charge < -0.3 is 33.6 Å². The van der Waals surface area contributed by atoms with Gasteiger partial charge in [0.15, 0.2) is 5.79 Å². The lowest BCUT2D eigenvalue weighted by Gasteiger charge is -2.83. The van der Waals surface area contributed by atoms with Crippen LogP contribution in [0.3, 0.4) is 0 Å². The topological polar surface area (TPSA) is 125 Å². The van der Waals surface area contributed by atoms with Crippen molar-refractivity contribution >= 4 is 19.8 Å². The monoisotopic (exact) mass is 568 g/mol. The average Bonchev–Trinajstić information content (AvgIpc) is 3.54. The predicted octanol–water partition coefficient (Wildman–Crippen LogP) is 3.62. The maximum absolute atomic E-state index is 13.4. The number of rotatable bonds is 3. The molecule has 7 rings (SSSR count). The number of furan rings is 1. The van der Waals surface area contributed by atoms with Crippen molar-refractivity contribution in [1.82, 2.24) is 0 Å². The Morgan fingerprint density at radius 1 is 1.05 bits per heavy atom. The second-order valence-electron chi connectivity index (χ2n) is 15.2. The lowest BCUT2D eigenvalue weighted by molar-refractivity contribution is -0.497. The van der Waals surface area contributed by atoms with Crippen LogP contribution < -0.4 is 0 Å². The largest absolute Gasteiger partial charge is 0.472 e. The summed E-state index contributed by atoms with van der Waals surface area (Å²) in [6.07, 6.45) is 1.66. The molecule has 2 aliphatic heterocycles. The van der Waals surface area contributed by atoms with Gasteiger partial charge in [0.1, 0.15) is 6.10 Å². The van der Waals surface area contributed by atoms with Crippen LogP contribution in [0.2, 0.25) is 5.31 Å². The van der Waals surface area contributed by atoms with Gasteiger partial charge in [-0.05, 0) is 51.0 Å². The number of fused-ring (bicyclic) bond motifs is 3. The number of carbonyl (C=O) groups excluding carboxylic acids is 2. The molecular formula is C31H41BO9. The molecule has 4 aliphatic carbocycles. The van der Waals surface area contributed by atoms with Gasteiger partial charge >= 0.3 is 11.9 Å². The molecule has 222 valence electrons. The SMILES string of the molecule is [B]C12C(O)C3(C)CC14OC(C)(C)OC1(CCC5(C)C(c6ccoc6)OC(=O)CC5C1(C)C2O)C4(C)C3CC(=O)OC. The van der Waals surface area contributed by atoms with Gasteiger partial charge in [-0.15, -0.1) is 0 Å². The molecule has 6 fully saturated rings. The van der Waals surface area contributed by atoms with Gasteiger partial charge in [0, 0.05) is 45.4 Å². The summed E-state index contributed by atoms with van der Waals surface area (Å²) >= 11 is 0. The minimum absolute atomic E-state index is 0.0427. The quantitative estimate of drug-likeness (QED) is 0.416. The van der Waals surface area contributed by atoms with Gasteiger partial charge in [-0.25, -0.2) is 0 Å². The maximum atomic E-state index is 13.4. The molecule has 0 amide bonds. The van der Waals surface area contributed by atoms with E-state index in [1.165, 1.54) is 7.11 Å². The van der Waals surface area contributed by atoms with E-state index in [1.807, 2.05) is 33.8 Å². The van der Waals surface area contributed by atoms with E-state index in [-0.39, 0.29) is 24.8 Å². The molecule has 12 unspecified atom stereocenters. The van der Waals surface area contributed by atoms with E-state index < -0.39 is 74.1 Å². The summed E-state index contributed by atoms with van der Waals surface area (Å²) in [5.41, 5.74) is -5.05.